The molecule has 1 unspecified atom stereocenters. The summed E-state index contributed by atoms with van der Waals surface area (Å²) in [4.78, 5) is 14.6. The lowest BCUT2D eigenvalue weighted by Gasteiger charge is -2.22. The molecule has 0 aliphatic carbocycles. The average molecular weight is 357 g/mol. The quantitative estimate of drug-likeness (QED) is 0.521. The summed E-state index contributed by atoms with van der Waals surface area (Å²) in [5.74, 6) is 0.645. The highest BCUT2D eigenvalue weighted by Crippen LogP contribution is 2.33. The molecular formula is C23H19NO3. The number of anilines is 1. The Morgan fingerprint density at radius 2 is 1.81 bits per heavy atom. The number of fused-ring (bicyclic) bond motifs is 4. The summed E-state index contributed by atoms with van der Waals surface area (Å²) in [5.41, 5.74) is 3.87. The van der Waals surface area contributed by atoms with Crippen molar-refractivity contribution in [3.8, 4) is 5.75 Å². The number of ether oxygens (including phenoxy) is 1. The standard InChI is InChI=1S/C23H19NO3/c1-15-12-16-6-2-4-8-20(16)24(15)23(25)14-26-17-10-11-22-19(13-17)18-7-3-5-9-21(18)27-22/h2-11,13,15H,12,14H2,1H3. The predicted molar refractivity (Wildman–Crippen MR) is 106 cm³/mol. The van der Waals surface area contributed by atoms with Crippen molar-refractivity contribution in [2.75, 3.05) is 11.5 Å². The van der Waals surface area contributed by atoms with Crippen LogP contribution < -0.4 is 9.64 Å². The Morgan fingerprint density at radius 3 is 2.74 bits per heavy atom. The van der Waals surface area contributed by atoms with Gasteiger partial charge in [-0.25, -0.2) is 0 Å². The second-order valence-corrected chi connectivity index (χ2v) is 6.99. The number of benzene rings is 3. The van der Waals surface area contributed by atoms with Crippen molar-refractivity contribution in [1.29, 1.82) is 0 Å². The van der Waals surface area contributed by atoms with Gasteiger partial charge < -0.3 is 14.1 Å². The predicted octanol–water partition coefficient (Wildman–Crippen LogP) is 4.94. The zero-order valence-electron chi connectivity index (χ0n) is 15.0. The summed E-state index contributed by atoms with van der Waals surface area (Å²) in [7, 11) is 0. The third-order valence-corrected chi connectivity index (χ3v) is 5.19. The Hall–Kier alpha value is -3.27. The van der Waals surface area contributed by atoms with E-state index in [-0.39, 0.29) is 18.6 Å². The molecule has 0 saturated heterocycles. The number of nitrogens with zero attached hydrogens (tertiary/aromatic N) is 1. The van der Waals surface area contributed by atoms with Crippen molar-refractivity contribution in [2.45, 2.75) is 19.4 Å². The van der Waals surface area contributed by atoms with Crippen LogP contribution in [0, 0.1) is 0 Å². The molecule has 0 N–H and O–H groups in total. The molecule has 0 radical (unpaired) electrons. The third kappa shape index (κ3) is 2.65. The van der Waals surface area contributed by atoms with E-state index in [9.17, 15) is 4.79 Å². The van der Waals surface area contributed by atoms with Crippen LogP contribution in [0.15, 0.2) is 71.1 Å². The van der Waals surface area contributed by atoms with Gasteiger partial charge in [0.2, 0.25) is 0 Å². The smallest absolute Gasteiger partial charge is 0.265 e. The minimum absolute atomic E-state index is 0.0139. The Morgan fingerprint density at radius 1 is 1.04 bits per heavy atom. The van der Waals surface area contributed by atoms with E-state index >= 15 is 0 Å². The first kappa shape index (κ1) is 15.9. The van der Waals surface area contributed by atoms with Crippen molar-refractivity contribution >= 4 is 33.5 Å². The molecule has 5 rings (SSSR count). The Bertz CT molecular complexity index is 1160. The van der Waals surface area contributed by atoms with Gasteiger partial charge in [0, 0.05) is 22.5 Å². The van der Waals surface area contributed by atoms with E-state index in [1.54, 1.807) is 0 Å². The summed E-state index contributed by atoms with van der Waals surface area (Å²) in [5, 5.41) is 2.04. The Balaban J connectivity index is 1.38. The highest BCUT2D eigenvalue weighted by Gasteiger charge is 2.30. The molecule has 1 aliphatic heterocycles. The normalized spacial score (nSPS) is 16.0. The fraction of sp³-hybridized carbons (Fsp3) is 0.174. The molecule has 0 fully saturated rings. The Kier molecular flexibility index (Phi) is 3.64. The van der Waals surface area contributed by atoms with Crippen LogP contribution >= 0.6 is 0 Å². The molecule has 4 heteroatoms. The first-order valence-electron chi connectivity index (χ1n) is 9.15. The van der Waals surface area contributed by atoms with Crippen molar-refractivity contribution in [2.24, 2.45) is 0 Å². The lowest BCUT2D eigenvalue weighted by Crippen LogP contribution is -2.39. The van der Waals surface area contributed by atoms with E-state index in [2.05, 4.69) is 13.0 Å². The van der Waals surface area contributed by atoms with Crippen LogP contribution in [0.5, 0.6) is 5.75 Å². The molecule has 2 heterocycles. The van der Waals surface area contributed by atoms with E-state index in [4.69, 9.17) is 9.15 Å². The minimum atomic E-state index is -0.0235. The SMILES string of the molecule is CC1Cc2ccccc2N1C(=O)COc1ccc2oc3ccccc3c2c1. The number of carbonyl (C=O) groups is 1. The molecule has 27 heavy (non-hydrogen) atoms. The summed E-state index contributed by atoms with van der Waals surface area (Å²) in [6, 6.07) is 21.8. The number of carbonyl (C=O) groups excluding carboxylic acids is 1. The molecule has 4 nitrogen and oxygen atoms in total. The molecule has 0 spiro atoms. The maximum absolute atomic E-state index is 12.8. The number of rotatable bonds is 3. The minimum Gasteiger partial charge on any atom is -0.484 e. The molecule has 1 atom stereocenters. The van der Waals surface area contributed by atoms with Crippen molar-refractivity contribution in [1.82, 2.24) is 0 Å². The number of hydrogen-bond acceptors (Lipinski definition) is 3. The zero-order valence-corrected chi connectivity index (χ0v) is 15.0. The van der Waals surface area contributed by atoms with Crippen LogP contribution in [-0.4, -0.2) is 18.6 Å². The fourth-order valence-electron chi connectivity index (χ4n) is 3.96. The molecule has 134 valence electrons. The van der Waals surface area contributed by atoms with Gasteiger partial charge in [0.25, 0.3) is 5.91 Å². The van der Waals surface area contributed by atoms with Gasteiger partial charge in [0.05, 0.1) is 0 Å². The van der Waals surface area contributed by atoms with Crippen LogP contribution in [0.3, 0.4) is 0 Å². The highest BCUT2D eigenvalue weighted by atomic mass is 16.5. The number of furan rings is 1. The van der Waals surface area contributed by atoms with Gasteiger partial charge >= 0.3 is 0 Å². The largest absolute Gasteiger partial charge is 0.484 e. The molecule has 1 amide bonds. The highest BCUT2D eigenvalue weighted by molar-refractivity contribution is 6.05. The third-order valence-electron chi connectivity index (χ3n) is 5.19. The second kappa shape index (κ2) is 6.16. The number of hydrogen-bond donors (Lipinski definition) is 0. The van der Waals surface area contributed by atoms with Crippen LogP contribution in [-0.2, 0) is 11.2 Å². The topological polar surface area (TPSA) is 42.7 Å². The van der Waals surface area contributed by atoms with Crippen molar-refractivity contribution < 1.29 is 13.9 Å². The van der Waals surface area contributed by atoms with E-state index < -0.39 is 0 Å². The van der Waals surface area contributed by atoms with Gasteiger partial charge in [-0.15, -0.1) is 0 Å². The maximum atomic E-state index is 12.8. The summed E-state index contributed by atoms with van der Waals surface area (Å²) in [6.07, 6.45) is 0.884. The van der Waals surface area contributed by atoms with E-state index in [1.165, 1.54) is 5.56 Å². The van der Waals surface area contributed by atoms with Gasteiger partial charge in [0.1, 0.15) is 16.9 Å². The van der Waals surface area contributed by atoms with Gasteiger partial charge in [-0.3, -0.25) is 4.79 Å². The van der Waals surface area contributed by atoms with Crippen LogP contribution in [0.1, 0.15) is 12.5 Å². The summed E-state index contributed by atoms with van der Waals surface area (Å²) in [6.45, 7) is 2.08. The molecule has 0 saturated carbocycles. The first-order chi connectivity index (χ1) is 13.2. The van der Waals surface area contributed by atoms with E-state index in [1.807, 2.05) is 65.6 Å². The zero-order chi connectivity index (χ0) is 18.4. The lowest BCUT2D eigenvalue weighted by atomic mass is 10.1. The van der Waals surface area contributed by atoms with Crippen LogP contribution in [0.2, 0.25) is 0 Å². The Labute approximate surface area is 156 Å². The summed E-state index contributed by atoms with van der Waals surface area (Å²) < 4.78 is 11.7. The van der Waals surface area contributed by atoms with Crippen LogP contribution in [0.4, 0.5) is 5.69 Å². The van der Waals surface area contributed by atoms with Crippen LogP contribution in [0.25, 0.3) is 21.9 Å². The monoisotopic (exact) mass is 357 g/mol. The number of para-hydroxylation sites is 2. The molecule has 1 aromatic heterocycles. The molecule has 0 bridgehead atoms. The average Bonchev–Trinajstić information content (AvgIpc) is 3.22. The maximum Gasteiger partial charge on any atom is 0.265 e. The number of amides is 1. The molecular weight excluding hydrogens is 338 g/mol. The lowest BCUT2D eigenvalue weighted by molar-refractivity contribution is -0.120. The first-order valence-corrected chi connectivity index (χ1v) is 9.15. The van der Waals surface area contributed by atoms with Gasteiger partial charge in [0.15, 0.2) is 6.61 Å². The van der Waals surface area contributed by atoms with Crippen molar-refractivity contribution in [3.63, 3.8) is 0 Å². The molecule has 3 aromatic carbocycles. The van der Waals surface area contributed by atoms with Gasteiger partial charge in [-0.1, -0.05) is 36.4 Å². The second-order valence-electron chi connectivity index (χ2n) is 6.99. The summed E-state index contributed by atoms with van der Waals surface area (Å²) >= 11 is 0. The molecule has 1 aliphatic rings. The fourth-order valence-corrected chi connectivity index (χ4v) is 3.96. The molecule has 4 aromatic rings. The van der Waals surface area contributed by atoms with E-state index in [0.29, 0.717) is 5.75 Å². The van der Waals surface area contributed by atoms with Crippen molar-refractivity contribution in [3.05, 3.63) is 72.3 Å². The van der Waals surface area contributed by atoms with Gasteiger partial charge in [-0.2, -0.15) is 0 Å². The van der Waals surface area contributed by atoms with Gasteiger partial charge in [-0.05, 0) is 49.2 Å². The van der Waals surface area contributed by atoms with E-state index in [0.717, 1.165) is 34.0 Å².